The van der Waals surface area contributed by atoms with E-state index in [0.717, 1.165) is 69.2 Å². The van der Waals surface area contributed by atoms with Gasteiger partial charge >= 0.3 is 0 Å². The van der Waals surface area contributed by atoms with Crippen molar-refractivity contribution in [2.75, 3.05) is 14.2 Å². The van der Waals surface area contributed by atoms with Crippen LogP contribution in [0.25, 0.3) is 16.6 Å². The van der Waals surface area contributed by atoms with E-state index in [1.807, 2.05) is 63.4 Å². The Hall–Kier alpha value is -6.42. The average molecular weight is 1460 g/mol. The number of nitro groups is 3. The van der Waals surface area contributed by atoms with Gasteiger partial charge in [-0.2, -0.15) is 21.7 Å². The van der Waals surface area contributed by atoms with Gasteiger partial charge in [0.05, 0.1) is 29.5 Å². The van der Waals surface area contributed by atoms with E-state index in [1.165, 1.54) is 62.8 Å². The zero-order chi connectivity index (χ0) is 60.9. The summed E-state index contributed by atoms with van der Waals surface area (Å²) in [4.78, 5) is 43.9. The standard InChI is InChI=1S/C17H16N5O4S.C16H14N5O4S.C9H7N2O.C7H9N3O4S.CH4O.CH4.3Y/c1-12-6-7-21-16(8-12)14(11-19-21)10-18-20(3)27(25,26)17-9-15(22(23)24)5-4-13(17)2;1-11-5-6-20-15(7-11)13(10-18-20)9-17-19-26(24,25)16-8-14(21(22)23)4-3-12(16)2;1-7-2-3-11-9(4-7)8(6-12)5-10-11;1-5-2-3-6(10(11)12)4-7(5)15(13,14)9-8;1-2;;;;/h4-10H,1-3H3;3-9,19H,1-2H3;2-4,6H,1H3;2-4,9H,8H2,1H3;2H,1H3;1H4;;;/q3*-1;;;;;;/b18-10+;17-9+;;;;;;;. The molecule has 0 atom stereocenters. The molecule has 0 saturated carbocycles. The number of nitrogens with zero attached hydrogens (tertiary/aromatic N) is 12. The van der Waals surface area contributed by atoms with Gasteiger partial charge in [-0.3, -0.25) is 51.5 Å². The number of nitro benzene ring substituents is 3. The van der Waals surface area contributed by atoms with Crippen LogP contribution < -0.4 is 15.5 Å². The Morgan fingerprint density at radius 2 is 0.895 bits per heavy atom. The van der Waals surface area contributed by atoms with E-state index in [1.54, 1.807) is 44.6 Å². The van der Waals surface area contributed by atoms with E-state index in [4.69, 9.17) is 10.9 Å². The van der Waals surface area contributed by atoms with Crippen molar-refractivity contribution in [1.82, 2.24) is 42.9 Å². The number of aryl methyl sites for hydroxylation is 6. The number of hydrazine groups is 1. The van der Waals surface area contributed by atoms with Crippen molar-refractivity contribution < 1.29 is 148 Å². The molecule has 35 heteroatoms. The molecule has 0 saturated heterocycles. The van der Waals surface area contributed by atoms with Crippen LogP contribution in [0, 0.1) is 90.5 Å². The van der Waals surface area contributed by atoms with Gasteiger partial charge < -0.3 is 23.4 Å². The third-order valence-electron chi connectivity index (χ3n) is 11.3. The van der Waals surface area contributed by atoms with Gasteiger partial charge in [-0.05, 0) is 112 Å². The Morgan fingerprint density at radius 1 is 0.558 bits per heavy atom. The molecule has 447 valence electrons. The summed E-state index contributed by atoms with van der Waals surface area (Å²) in [6.07, 6.45) is 16.9. The number of hydrazone groups is 2. The Balaban J connectivity index is 0.000000584. The van der Waals surface area contributed by atoms with Crippen LogP contribution in [0.3, 0.4) is 0 Å². The molecule has 0 spiro atoms. The molecule has 6 aromatic heterocycles. The molecule has 0 bridgehead atoms. The first kappa shape index (κ1) is 77.6. The van der Waals surface area contributed by atoms with E-state index in [9.17, 15) is 60.4 Å². The summed E-state index contributed by atoms with van der Waals surface area (Å²) in [6, 6.07) is 22.2. The van der Waals surface area contributed by atoms with Crippen molar-refractivity contribution in [2.45, 2.75) is 63.7 Å². The molecular weight excluding hydrogens is 1410 g/mol. The minimum atomic E-state index is -4.06. The van der Waals surface area contributed by atoms with Gasteiger partial charge in [-0.15, -0.1) is 16.7 Å². The molecule has 0 aliphatic carbocycles. The van der Waals surface area contributed by atoms with Crippen LogP contribution in [0.15, 0.2) is 134 Å². The molecule has 86 heavy (non-hydrogen) atoms. The first-order valence-electron chi connectivity index (χ1n) is 23.2. The number of fused-ring (bicyclic) bond motifs is 3. The second kappa shape index (κ2) is 34.2. The number of carbonyl (C=O) groups is 1. The number of sulfonamides is 3. The van der Waals surface area contributed by atoms with E-state index >= 15 is 0 Å². The number of non-ortho nitro benzene ring substituents is 3. The monoisotopic (exact) mass is 1460 g/mol. The van der Waals surface area contributed by atoms with Crippen molar-refractivity contribution in [3.05, 3.63) is 209 Å². The van der Waals surface area contributed by atoms with Crippen LogP contribution >= 0.6 is 0 Å². The second-order valence-electron chi connectivity index (χ2n) is 17.1. The number of nitrogens with one attached hydrogen (secondary N) is 2. The Kier molecular flexibility index (Phi) is 30.9. The molecular formula is C51H54N15O14S3Y3-3. The van der Waals surface area contributed by atoms with E-state index in [0.29, 0.717) is 33.4 Å². The number of hydrogen-bond acceptors (Lipinski definition) is 20. The van der Waals surface area contributed by atoms with E-state index in [-0.39, 0.29) is 137 Å². The summed E-state index contributed by atoms with van der Waals surface area (Å²) in [5.74, 6) is 4.83. The predicted molar refractivity (Wildman–Crippen MR) is 305 cm³/mol. The molecule has 3 aromatic carbocycles. The minimum Gasteiger partial charge on any atom is -0.400 e. The third-order valence-corrected chi connectivity index (χ3v) is 15.8. The van der Waals surface area contributed by atoms with Crippen molar-refractivity contribution >= 4 is 82.4 Å². The summed E-state index contributed by atoms with van der Waals surface area (Å²) in [7, 11) is -9.70. The Morgan fingerprint density at radius 3 is 1.27 bits per heavy atom. The fraction of sp³-hybridized carbons (Fsp3) is 0.176. The first-order valence-corrected chi connectivity index (χ1v) is 27.6. The average Bonchev–Trinajstić information content (AvgIpc) is 3.21. The molecule has 0 unspecified atom stereocenters. The van der Waals surface area contributed by atoms with Crippen LogP contribution in [0.5, 0.6) is 0 Å². The van der Waals surface area contributed by atoms with Crippen LogP contribution in [0.4, 0.5) is 17.1 Å². The molecule has 5 N–H and O–H groups in total. The van der Waals surface area contributed by atoms with Gasteiger partial charge in [0, 0.05) is 174 Å². The predicted octanol–water partition coefficient (Wildman–Crippen LogP) is 5.83. The van der Waals surface area contributed by atoms with E-state index in [2.05, 4.69) is 48.9 Å². The van der Waals surface area contributed by atoms with Gasteiger partial charge in [0.25, 0.3) is 47.1 Å². The number of aromatic nitrogens is 6. The Labute approximate surface area is 569 Å². The summed E-state index contributed by atoms with van der Waals surface area (Å²) in [5.41, 5.74) is 7.18. The molecule has 29 nitrogen and oxygen atoms in total. The summed E-state index contributed by atoms with van der Waals surface area (Å²) >= 11 is 0. The van der Waals surface area contributed by atoms with Crippen LogP contribution in [-0.2, 0) is 128 Å². The Bertz CT molecular complexity index is 4300. The van der Waals surface area contributed by atoms with Crippen molar-refractivity contribution in [1.29, 1.82) is 0 Å². The smallest absolute Gasteiger partial charge is 0.278 e. The first-order chi connectivity index (χ1) is 38.7. The largest absolute Gasteiger partial charge is 0.400 e. The number of carbonyl (C=O) groups excluding carboxylic acids is 1. The van der Waals surface area contributed by atoms with Crippen LogP contribution in [0.1, 0.15) is 62.3 Å². The maximum absolute atomic E-state index is 12.8. The second-order valence-corrected chi connectivity index (χ2v) is 22.3. The number of aldehydes is 1. The van der Waals surface area contributed by atoms with Crippen LogP contribution in [-0.4, -0.2) is 111 Å². The minimum absolute atomic E-state index is 0. The summed E-state index contributed by atoms with van der Waals surface area (Å²) < 4.78 is 78.6. The van der Waals surface area contributed by atoms with Gasteiger partial charge in [0.15, 0.2) is 0 Å². The maximum Gasteiger partial charge on any atom is 0.278 e. The van der Waals surface area contributed by atoms with Gasteiger partial charge in [0.2, 0.25) is 0 Å². The fourth-order valence-electron chi connectivity index (χ4n) is 7.01. The summed E-state index contributed by atoms with van der Waals surface area (Å²) in [6.45, 7) is 10.5. The molecule has 9 aromatic rings. The molecule has 6 heterocycles. The molecule has 9 rings (SSSR count). The number of aliphatic hydroxyl groups excluding tert-OH is 1. The topological polar surface area (TPSA) is 399 Å². The molecule has 0 aliphatic rings. The van der Waals surface area contributed by atoms with Crippen molar-refractivity contribution in [2.24, 2.45) is 16.0 Å². The number of rotatable bonds is 14. The molecule has 0 fully saturated rings. The number of benzene rings is 3. The maximum atomic E-state index is 12.8. The number of aliphatic hydroxyl groups is 1. The van der Waals surface area contributed by atoms with E-state index < -0.39 is 44.8 Å². The number of pyridine rings is 3. The number of hydrogen-bond donors (Lipinski definition) is 4. The van der Waals surface area contributed by atoms with Gasteiger partial charge in [-0.1, -0.05) is 72.9 Å². The number of nitrogens with two attached hydrogens (primary N) is 1. The van der Waals surface area contributed by atoms with Crippen molar-refractivity contribution in [3.63, 3.8) is 0 Å². The van der Waals surface area contributed by atoms with Gasteiger partial charge in [0.1, 0.15) is 0 Å². The zero-order valence-corrected chi connectivity index (χ0v) is 57.2. The quantitative estimate of drug-likeness (QED) is 0.0248. The SMILES string of the molecule is C.CO.Cc1ccc([N+](=O)[O-])cc1S(=O)(=O)NN.Cc1ccn2n[c-]c(/C=N/N(C)S(=O)(=O)c3cc([N+](=O)[O-])ccc3C)c2c1.Cc1ccn2n[c-]c(/C=N/NS(=O)(=O)c3cc([N+](=O)[O-])ccc3C)c2c1.Cc1ccn2n[c-]c(C=O)c2c1.[Y].[Y].[Y]. The van der Waals surface area contributed by atoms with Crippen molar-refractivity contribution in [3.8, 4) is 0 Å². The van der Waals surface area contributed by atoms with Gasteiger partial charge in [-0.25, -0.2) is 27.9 Å². The third kappa shape index (κ3) is 19.8. The summed E-state index contributed by atoms with van der Waals surface area (Å²) in [5, 5.41) is 58.9. The van der Waals surface area contributed by atoms with Crippen LogP contribution in [0.2, 0.25) is 0 Å². The fourth-order valence-corrected chi connectivity index (χ4v) is 10.2. The molecule has 3 radical (unpaired) electrons. The normalized spacial score (nSPS) is 10.9. The molecule has 0 amide bonds. The zero-order valence-electron chi connectivity index (χ0n) is 46.3. The molecule has 0 aliphatic heterocycles.